The highest BCUT2D eigenvalue weighted by molar-refractivity contribution is 6.33. The van der Waals surface area contributed by atoms with Gasteiger partial charge in [-0.3, -0.25) is 4.68 Å². The van der Waals surface area contributed by atoms with Gasteiger partial charge in [-0.1, -0.05) is 11.6 Å². The Balaban J connectivity index is 3.06. The molecular weight excluding hydrogens is 194 g/mol. The Morgan fingerprint density at radius 1 is 1.77 bits per heavy atom. The summed E-state index contributed by atoms with van der Waals surface area (Å²) in [5.74, 6) is -0.332. The molecule has 0 saturated carbocycles. The van der Waals surface area contributed by atoms with Gasteiger partial charge in [0.1, 0.15) is 11.4 Å². The number of carbonyl (C=O) groups excluding carboxylic acids is 1. The van der Waals surface area contributed by atoms with Crippen LogP contribution in [0.4, 0.5) is 5.82 Å². The molecule has 1 aromatic heterocycles. The quantitative estimate of drug-likeness (QED) is 0.723. The van der Waals surface area contributed by atoms with Crippen molar-refractivity contribution in [3.63, 3.8) is 0 Å². The number of carbonyl (C=O) groups is 1. The molecule has 0 amide bonds. The van der Waals surface area contributed by atoms with Crippen molar-refractivity contribution in [3.8, 4) is 0 Å². The van der Waals surface area contributed by atoms with Crippen molar-refractivity contribution in [2.75, 3.05) is 12.3 Å². The molecule has 0 saturated heterocycles. The van der Waals surface area contributed by atoms with Gasteiger partial charge in [0.15, 0.2) is 5.15 Å². The zero-order valence-electron chi connectivity index (χ0n) is 7.37. The molecule has 0 aromatic carbocycles. The van der Waals surface area contributed by atoms with Crippen LogP contribution in [0.2, 0.25) is 5.15 Å². The molecule has 13 heavy (non-hydrogen) atoms. The van der Waals surface area contributed by atoms with Crippen molar-refractivity contribution in [2.24, 2.45) is 7.05 Å². The first kappa shape index (κ1) is 9.85. The molecule has 0 aliphatic rings. The highest BCUT2D eigenvalue weighted by atomic mass is 35.5. The SMILES string of the molecule is CCOC(=O)c1c(Cl)nn(C)c1N. The van der Waals surface area contributed by atoms with E-state index in [1.54, 1.807) is 14.0 Å². The van der Waals surface area contributed by atoms with E-state index in [1.807, 2.05) is 0 Å². The molecule has 6 heteroatoms. The van der Waals surface area contributed by atoms with Crippen LogP contribution in [-0.4, -0.2) is 22.4 Å². The van der Waals surface area contributed by atoms with Gasteiger partial charge in [-0.05, 0) is 6.92 Å². The van der Waals surface area contributed by atoms with E-state index in [2.05, 4.69) is 5.10 Å². The number of nitrogens with zero attached hydrogens (tertiary/aromatic N) is 2. The molecule has 2 N–H and O–H groups in total. The summed E-state index contributed by atoms with van der Waals surface area (Å²) in [6.45, 7) is 1.99. The highest BCUT2D eigenvalue weighted by Crippen LogP contribution is 2.21. The van der Waals surface area contributed by atoms with Crippen LogP contribution < -0.4 is 5.73 Å². The predicted octanol–water partition coefficient (Wildman–Crippen LogP) is 0.832. The second-order valence-electron chi connectivity index (χ2n) is 2.40. The number of hydrogen-bond acceptors (Lipinski definition) is 4. The molecule has 0 bridgehead atoms. The molecule has 72 valence electrons. The van der Waals surface area contributed by atoms with Crippen LogP contribution in [0.25, 0.3) is 0 Å². The Morgan fingerprint density at radius 2 is 2.38 bits per heavy atom. The Kier molecular flexibility index (Phi) is 2.77. The minimum absolute atomic E-state index is 0.0680. The first-order valence-corrected chi connectivity index (χ1v) is 4.10. The predicted molar refractivity (Wildman–Crippen MR) is 48.6 cm³/mol. The zero-order valence-corrected chi connectivity index (χ0v) is 8.13. The number of anilines is 1. The van der Waals surface area contributed by atoms with Gasteiger partial charge in [0.2, 0.25) is 0 Å². The molecule has 1 heterocycles. The van der Waals surface area contributed by atoms with Crippen molar-refractivity contribution in [2.45, 2.75) is 6.92 Å². The maximum atomic E-state index is 11.3. The molecule has 0 spiro atoms. The minimum Gasteiger partial charge on any atom is -0.462 e. The Labute approximate surface area is 80.4 Å². The van der Waals surface area contributed by atoms with E-state index in [4.69, 9.17) is 22.1 Å². The van der Waals surface area contributed by atoms with Crippen LogP contribution >= 0.6 is 11.6 Å². The number of rotatable bonds is 2. The van der Waals surface area contributed by atoms with Crippen LogP contribution in [0.15, 0.2) is 0 Å². The maximum Gasteiger partial charge on any atom is 0.345 e. The lowest BCUT2D eigenvalue weighted by atomic mass is 10.3. The van der Waals surface area contributed by atoms with Gasteiger partial charge in [0, 0.05) is 7.05 Å². The molecule has 0 unspecified atom stereocenters. The summed E-state index contributed by atoms with van der Waals surface area (Å²) >= 11 is 5.67. The largest absolute Gasteiger partial charge is 0.462 e. The minimum atomic E-state index is -0.543. The van der Waals surface area contributed by atoms with E-state index in [0.717, 1.165) is 0 Å². The highest BCUT2D eigenvalue weighted by Gasteiger charge is 2.20. The first-order chi connectivity index (χ1) is 6.07. The van der Waals surface area contributed by atoms with Crippen LogP contribution in [-0.2, 0) is 11.8 Å². The monoisotopic (exact) mass is 203 g/mol. The number of ether oxygens (including phenoxy) is 1. The smallest absolute Gasteiger partial charge is 0.345 e. The summed E-state index contributed by atoms with van der Waals surface area (Å²) in [7, 11) is 1.60. The van der Waals surface area contributed by atoms with Crippen LogP contribution in [0.5, 0.6) is 0 Å². The van der Waals surface area contributed by atoms with E-state index >= 15 is 0 Å². The number of halogens is 1. The third kappa shape index (κ3) is 1.75. The van der Waals surface area contributed by atoms with Gasteiger partial charge >= 0.3 is 5.97 Å². The number of esters is 1. The second-order valence-corrected chi connectivity index (χ2v) is 2.75. The number of hydrogen-bond donors (Lipinski definition) is 1. The zero-order chi connectivity index (χ0) is 10.0. The van der Waals surface area contributed by atoms with E-state index in [0.29, 0.717) is 0 Å². The molecule has 0 fully saturated rings. The number of nitrogen functional groups attached to an aromatic ring is 1. The van der Waals surface area contributed by atoms with Crippen molar-refractivity contribution < 1.29 is 9.53 Å². The molecule has 5 nitrogen and oxygen atoms in total. The van der Waals surface area contributed by atoms with Gasteiger partial charge in [0.25, 0.3) is 0 Å². The lowest BCUT2D eigenvalue weighted by Crippen LogP contribution is -2.08. The molecular formula is C7H10ClN3O2. The summed E-state index contributed by atoms with van der Waals surface area (Å²) in [4.78, 5) is 11.3. The summed E-state index contributed by atoms with van der Waals surface area (Å²) in [5, 5.41) is 3.84. The average molecular weight is 204 g/mol. The summed E-state index contributed by atoms with van der Waals surface area (Å²) in [6.07, 6.45) is 0. The third-order valence-electron chi connectivity index (χ3n) is 1.53. The van der Waals surface area contributed by atoms with Gasteiger partial charge in [-0.25, -0.2) is 4.79 Å². The van der Waals surface area contributed by atoms with Crippen molar-refractivity contribution in [1.29, 1.82) is 0 Å². The van der Waals surface area contributed by atoms with E-state index in [-0.39, 0.29) is 23.1 Å². The van der Waals surface area contributed by atoms with Gasteiger partial charge in [0.05, 0.1) is 6.61 Å². The summed E-state index contributed by atoms with van der Waals surface area (Å²) < 4.78 is 6.07. The Morgan fingerprint density at radius 3 is 2.77 bits per heavy atom. The number of nitrogens with two attached hydrogens (primary N) is 1. The summed E-state index contributed by atoms with van der Waals surface area (Å²) in [5.41, 5.74) is 5.68. The normalized spacial score (nSPS) is 10.1. The molecule has 0 atom stereocenters. The Hall–Kier alpha value is -1.23. The maximum absolute atomic E-state index is 11.3. The lowest BCUT2D eigenvalue weighted by Gasteiger charge is -2.00. The van der Waals surface area contributed by atoms with E-state index < -0.39 is 5.97 Å². The lowest BCUT2D eigenvalue weighted by molar-refractivity contribution is 0.0528. The molecule has 1 rings (SSSR count). The molecule has 0 aliphatic heterocycles. The second kappa shape index (κ2) is 3.66. The fourth-order valence-electron chi connectivity index (χ4n) is 0.895. The van der Waals surface area contributed by atoms with Crippen LogP contribution in [0, 0.1) is 0 Å². The molecule has 0 radical (unpaired) electrons. The van der Waals surface area contributed by atoms with Crippen molar-refractivity contribution in [3.05, 3.63) is 10.7 Å². The average Bonchev–Trinajstić information content (AvgIpc) is 2.27. The first-order valence-electron chi connectivity index (χ1n) is 3.73. The molecule has 1 aromatic rings. The number of aryl methyl sites for hydroxylation is 1. The van der Waals surface area contributed by atoms with Crippen LogP contribution in [0.1, 0.15) is 17.3 Å². The standard InChI is InChI=1S/C7H10ClN3O2/c1-3-13-7(12)4-5(8)10-11(2)6(4)9/h3,9H2,1-2H3. The van der Waals surface area contributed by atoms with E-state index in [1.165, 1.54) is 4.68 Å². The van der Waals surface area contributed by atoms with Crippen LogP contribution in [0.3, 0.4) is 0 Å². The van der Waals surface area contributed by atoms with Gasteiger partial charge in [-0.15, -0.1) is 0 Å². The summed E-state index contributed by atoms with van der Waals surface area (Å²) in [6, 6.07) is 0. The third-order valence-corrected chi connectivity index (χ3v) is 1.79. The Bertz CT molecular complexity index is 335. The van der Waals surface area contributed by atoms with Gasteiger partial charge < -0.3 is 10.5 Å². The number of aromatic nitrogens is 2. The molecule has 0 aliphatic carbocycles. The van der Waals surface area contributed by atoms with Crippen molar-refractivity contribution >= 4 is 23.4 Å². The fraction of sp³-hybridized carbons (Fsp3) is 0.429. The topological polar surface area (TPSA) is 70.1 Å². The fourth-order valence-corrected chi connectivity index (χ4v) is 1.18. The van der Waals surface area contributed by atoms with E-state index in [9.17, 15) is 4.79 Å². The van der Waals surface area contributed by atoms with Gasteiger partial charge in [-0.2, -0.15) is 5.10 Å². The van der Waals surface area contributed by atoms with Crippen molar-refractivity contribution in [1.82, 2.24) is 9.78 Å².